The SMILES string of the molecule is CC/C=C\C/C=C\C/C=C\C/C=C\C/C=C\CCCCCC(=O)OCC(COC(=O)CCCCCCC/C=C\CCCCC)OC(=O)CCCCCCCCC/C=C\CCCCCC. The summed E-state index contributed by atoms with van der Waals surface area (Å²) in [6, 6.07) is 0. The van der Waals surface area contributed by atoms with Gasteiger partial charge in [0, 0.05) is 19.3 Å². The Labute approximate surface area is 395 Å². The molecule has 1 unspecified atom stereocenters. The van der Waals surface area contributed by atoms with Crippen LogP contribution in [0.5, 0.6) is 0 Å². The summed E-state index contributed by atoms with van der Waals surface area (Å²) < 4.78 is 16.8. The fourth-order valence-electron chi connectivity index (χ4n) is 7.10. The van der Waals surface area contributed by atoms with Gasteiger partial charge in [-0.2, -0.15) is 0 Å². The Morgan fingerprint density at radius 3 is 1.02 bits per heavy atom. The van der Waals surface area contributed by atoms with Crippen LogP contribution < -0.4 is 0 Å². The molecule has 366 valence electrons. The van der Waals surface area contributed by atoms with Crippen molar-refractivity contribution in [2.75, 3.05) is 13.2 Å². The van der Waals surface area contributed by atoms with Gasteiger partial charge >= 0.3 is 17.9 Å². The molecular weight excluding hydrogens is 793 g/mol. The molecule has 0 aromatic rings. The molecule has 0 bridgehead atoms. The van der Waals surface area contributed by atoms with Gasteiger partial charge < -0.3 is 14.2 Å². The quantitative estimate of drug-likeness (QED) is 0.0262. The molecule has 6 nitrogen and oxygen atoms in total. The summed E-state index contributed by atoms with van der Waals surface area (Å²) in [4.78, 5) is 38.0. The average Bonchev–Trinajstić information content (AvgIpc) is 3.29. The molecule has 0 fully saturated rings. The van der Waals surface area contributed by atoms with E-state index in [4.69, 9.17) is 14.2 Å². The average molecular weight is 891 g/mol. The van der Waals surface area contributed by atoms with Crippen LogP contribution in [0.3, 0.4) is 0 Å². The number of carbonyl (C=O) groups is 3. The second-order valence-corrected chi connectivity index (χ2v) is 17.4. The van der Waals surface area contributed by atoms with Crippen LogP contribution >= 0.6 is 0 Å². The third-order valence-corrected chi connectivity index (χ3v) is 11.1. The van der Waals surface area contributed by atoms with Gasteiger partial charge in [-0.05, 0) is 116 Å². The van der Waals surface area contributed by atoms with Crippen molar-refractivity contribution < 1.29 is 28.6 Å². The second kappa shape index (κ2) is 52.2. The van der Waals surface area contributed by atoms with E-state index in [2.05, 4.69) is 106 Å². The molecule has 0 N–H and O–H groups in total. The summed E-state index contributed by atoms with van der Waals surface area (Å²) in [6.07, 6.45) is 67.0. The zero-order valence-corrected chi connectivity index (χ0v) is 41.8. The molecule has 0 spiro atoms. The van der Waals surface area contributed by atoms with E-state index in [0.29, 0.717) is 19.3 Å². The maximum atomic E-state index is 12.8. The highest BCUT2D eigenvalue weighted by atomic mass is 16.6. The van der Waals surface area contributed by atoms with E-state index < -0.39 is 6.10 Å². The predicted molar refractivity (Wildman–Crippen MR) is 274 cm³/mol. The normalized spacial score (nSPS) is 12.7. The smallest absolute Gasteiger partial charge is 0.306 e. The maximum absolute atomic E-state index is 12.8. The number of ether oxygens (including phenoxy) is 3. The molecule has 0 amide bonds. The molecule has 0 aliphatic rings. The number of hydrogen-bond donors (Lipinski definition) is 0. The largest absolute Gasteiger partial charge is 0.462 e. The van der Waals surface area contributed by atoms with Crippen LogP contribution in [0.15, 0.2) is 85.1 Å². The highest BCUT2D eigenvalue weighted by molar-refractivity contribution is 5.71. The highest BCUT2D eigenvalue weighted by Gasteiger charge is 2.19. The van der Waals surface area contributed by atoms with Crippen molar-refractivity contribution >= 4 is 17.9 Å². The fourth-order valence-corrected chi connectivity index (χ4v) is 7.10. The summed E-state index contributed by atoms with van der Waals surface area (Å²) >= 11 is 0. The Hall–Kier alpha value is -3.41. The minimum Gasteiger partial charge on any atom is -0.462 e. The lowest BCUT2D eigenvalue weighted by Gasteiger charge is -2.18. The van der Waals surface area contributed by atoms with Crippen LogP contribution in [-0.2, 0) is 28.6 Å². The van der Waals surface area contributed by atoms with Gasteiger partial charge in [-0.3, -0.25) is 14.4 Å². The summed E-state index contributed by atoms with van der Waals surface area (Å²) in [5, 5.41) is 0. The van der Waals surface area contributed by atoms with E-state index in [1.807, 2.05) is 0 Å². The zero-order valence-electron chi connectivity index (χ0n) is 41.8. The van der Waals surface area contributed by atoms with Crippen LogP contribution in [0.25, 0.3) is 0 Å². The molecule has 0 aliphatic carbocycles. The van der Waals surface area contributed by atoms with E-state index in [-0.39, 0.29) is 31.1 Å². The first kappa shape index (κ1) is 60.6. The third-order valence-electron chi connectivity index (χ3n) is 11.1. The molecule has 0 aliphatic heterocycles. The number of allylic oxidation sites excluding steroid dienone is 14. The summed E-state index contributed by atoms with van der Waals surface area (Å²) in [5.74, 6) is -0.939. The minimum absolute atomic E-state index is 0.0935. The Balaban J connectivity index is 4.45. The van der Waals surface area contributed by atoms with Crippen LogP contribution in [0.1, 0.15) is 245 Å². The molecule has 6 heteroatoms. The van der Waals surface area contributed by atoms with Gasteiger partial charge in [-0.15, -0.1) is 0 Å². The van der Waals surface area contributed by atoms with E-state index in [1.165, 1.54) is 103 Å². The van der Waals surface area contributed by atoms with Gasteiger partial charge in [0.2, 0.25) is 0 Å². The lowest BCUT2D eigenvalue weighted by atomic mass is 10.1. The number of unbranched alkanes of at least 4 members (excludes halogenated alkanes) is 22. The Morgan fingerprint density at radius 2 is 0.609 bits per heavy atom. The van der Waals surface area contributed by atoms with Gasteiger partial charge in [0.15, 0.2) is 6.10 Å². The molecule has 0 aromatic heterocycles. The van der Waals surface area contributed by atoms with Gasteiger partial charge in [0.05, 0.1) is 0 Å². The van der Waals surface area contributed by atoms with Gasteiger partial charge in [0.1, 0.15) is 13.2 Å². The predicted octanol–water partition coefficient (Wildman–Crippen LogP) is 17.6. The van der Waals surface area contributed by atoms with Crippen LogP contribution in [0.2, 0.25) is 0 Å². The number of esters is 3. The first-order valence-corrected chi connectivity index (χ1v) is 26.6. The molecule has 0 saturated carbocycles. The first-order chi connectivity index (χ1) is 31.5. The lowest BCUT2D eigenvalue weighted by Crippen LogP contribution is -2.30. The molecule has 0 radical (unpaired) electrons. The monoisotopic (exact) mass is 891 g/mol. The first-order valence-electron chi connectivity index (χ1n) is 26.6. The Bertz CT molecular complexity index is 1250. The highest BCUT2D eigenvalue weighted by Crippen LogP contribution is 2.14. The molecule has 0 rings (SSSR count). The zero-order chi connectivity index (χ0) is 46.5. The second-order valence-electron chi connectivity index (χ2n) is 17.4. The van der Waals surface area contributed by atoms with E-state index >= 15 is 0 Å². The van der Waals surface area contributed by atoms with Crippen LogP contribution in [0.4, 0.5) is 0 Å². The molecule has 0 aromatic carbocycles. The number of rotatable bonds is 47. The minimum atomic E-state index is -0.795. The van der Waals surface area contributed by atoms with Crippen molar-refractivity contribution in [2.45, 2.75) is 252 Å². The van der Waals surface area contributed by atoms with Crippen LogP contribution in [0, 0.1) is 0 Å². The topological polar surface area (TPSA) is 78.9 Å². The van der Waals surface area contributed by atoms with Gasteiger partial charge in [-0.1, -0.05) is 196 Å². The maximum Gasteiger partial charge on any atom is 0.306 e. The Kier molecular flexibility index (Phi) is 49.4. The molecule has 64 heavy (non-hydrogen) atoms. The van der Waals surface area contributed by atoms with E-state index in [9.17, 15) is 14.4 Å². The third kappa shape index (κ3) is 49.6. The standard InChI is InChI=1S/C58H98O6/c1-4-7-10-13-16-19-22-25-27-28-29-30-32-33-36-39-42-45-48-51-57(60)63-54-55(53-62-56(59)50-47-44-41-38-35-24-21-18-15-12-9-6-3)64-58(61)52-49-46-43-40-37-34-31-26-23-20-17-14-11-8-5-2/h7,10,16,18-21,23,25,27,29-30,33,36,55H,4-6,8-9,11-15,17,22,24,26,28,31-32,34-35,37-54H2,1-3H3/b10-7-,19-16-,21-18-,23-20-,27-25-,30-29-,36-33-. The molecule has 0 heterocycles. The molecular formula is C58H98O6. The molecule has 0 saturated heterocycles. The molecule has 1 atom stereocenters. The summed E-state index contributed by atoms with van der Waals surface area (Å²) in [5.41, 5.74) is 0. The Morgan fingerprint density at radius 1 is 0.328 bits per heavy atom. The van der Waals surface area contributed by atoms with Crippen molar-refractivity contribution in [2.24, 2.45) is 0 Å². The van der Waals surface area contributed by atoms with Crippen molar-refractivity contribution in [3.63, 3.8) is 0 Å². The van der Waals surface area contributed by atoms with Crippen molar-refractivity contribution in [3.05, 3.63) is 85.1 Å². The van der Waals surface area contributed by atoms with Crippen LogP contribution in [-0.4, -0.2) is 37.2 Å². The van der Waals surface area contributed by atoms with Gasteiger partial charge in [0.25, 0.3) is 0 Å². The van der Waals surface area contributed by atoms with E-state index in [1.54, 1.807) is 0 Å². The lowest BCUT2D eigenvalue weighted by molar-refractivity contribution is -0.167. The fraction of sp³-hybridized carbons (Fsp3) is 0.707. The summed E-state index contributed by atoms with van der Waals surface area (Å²) in [6.45, 7) is 6.45. The van der Waals surface area contributed by atoms with Crippen molar-refractivity contribution in [1.82, 2.24) is 0 Å². The summed E-state index contributed by atoms with van der Waals surface area (Å²) in [7, 11) is 0. The van der Waals surface area contributed by atoms with E-state index in [0.717, 1.165) is 103 Å². The van der Waals surface area contributed by atoms with Crippen molar-refractivity contribution in [3.8, 4) is 0 Å². The number of hydrogen-bond acceptors (Lipinski definition) is 6. The number of carbonyl (C=O) groups excluding carboxylic acids is 3. The van der Waals surface area contributed by atoms with Crippen molar-refractivity contribution in [1.29, 1.82) is 0 Å². The van der Waals surface area contributed by atoms with Gasteiger partial charge in [-0.25, -0.2) is 0 Å².